The van der Waals surface area contributed by atoms with Gasteiger partial charge in [-0.3, -0.25) is 10.1 Å². The fourth-order valence-electron chi connectivity index (χ4n) is 5.67. The number of rotatable bonds is 9. The first kappa shape index (κ1) is 40.1. The molecule has 13 nitrogen and oxygen atoms in total. The first-order chi connectivity index (χ1) is 24.9. The predicted molar refractivity (Wildman–Crippen MR) is 183 cm³/mol. The molecule has 2 atom stereocenters. The molecule has 0 unspecified atom stereocenters. The van der Waals surface area contributed by atoms with Gasteiger partial charge in [0.25, 0.3) is 0 Å². The van der Waals surface area contributed by atoms with Gasteiger partial charge in [0, 0.05) is 41.1 Å². The third-order valence-electron chi connectivity index (χ3n) is 8.23. The van der Waals surface area contributed by atoms with E-state index in [1.807, 2.05) is 0 Å². The van der Waals surface area contributed by atoms with Gasteiger partial charge in [0.15, 0.2) is 21.4 Å². The number of halogens is 5. The van der Waals surface area contributed by atoms with Crippen LogP contribution < -0.4 is 21.1 Å². The van der Waals surface area contributed by atoms with Gasteiger partial charge in [0.2, 0.25) is 5.91 Å². The number of hydrogen-bond acceptors (Lipinski definition) is 10. The molecular formula is C34H34F5N5O8S. The Morgan fingerprint density at radius 1 is 1.04 bits per heavy atom. The lowest BCUT2D eigenvalue weighted by molar-refractivity contribution is -0.192. The first-order valence-electron chi connectivity index (χ1n) is 15.7. The third kappa shape index (κ3) is 9.21. The van der Waals surface area contributed by atoms with Crippen LogP contribution in [0.5, 0.6) is 5.75 Å². The summed E-state index contributed by atoms with van der Waals surface area (Å²) in [6.45, 7) is 1.73. The summed E-state index contributed by atoms with van der Waals surface area (Å²) in [6.07, 6.45) is -3.39. The number of nitrogens with one attached hydrogen (secondary N) is 2. The lowest BCUT2D eigenvalue weighted by atomic mass is 10.00. The molecule has 1 aliphatic rings. The molecule has 284 valence electrons. The minimum Gasteiger partial charge on any atom is -0.494 e. The highest BCUT2D eigenvalue weighted by molar-refractivity contribution is 7.91. The van der Waals surface area contributed by atoms with Crippen molar-refractivity contribution in [2.75, 3.05) is 42.9 Å². The first-order valence-corrected chi connectivity index (χ1v) is 17.3. The van der Waals surface area contributed by atoms with Crippen molar-refractivity contribution in [3.05, 3.63) is 83.6 Å². The Kier molecular flexibility index (Phi) is 12.3. The van der Waals surface area contributed by atoms with Crippen LogP contribution in [0.3, 0.4) is 0 Å². The number of aliphatic carboxylic acids is 1. The summed E-state index contributed by atoms with van der Waals surface area (Å²) in [7, 11) is -1.34. The van der Waals surface area contributed by atoms with E-state index in [9.17, 15) is 35.6 Å². The minimum absolute atomic E-state index is 0.00924. The van der Waals surface area contributed by atoms with Gasteiger partial charge in [-0.25, -0.2) is 31.8 Å². The summed E-state index contributed by atoms with van der Waals surface area (Å²) in [5.41, 5.74) is 6.83. The quantitative estimate of drug-likeness (QED) is 0.141. The Hall–Kier alpha value is -5.72. The van der Waals surface area contributed by atoms with Gasteiger partial charge >= 0.3 is 18.2 Å². The molecule has 5 rings (SSSR count). The van der Waals surface area contributed by atoms with Crippen LogP contribution in [-0.2, 0) is 24.2 Å². The largest absolute Gasteiger partial charge is 0.494 e. The Morgan fingerprint density at radius 2 is 1.72 bits per heavy atom. The third-order valence-corrected chi connectivity index (χ3v) is 10.0. The van der Waals surface area contributed by atoms with Crippen LogP contribution in [0.25, 0.3) is 10.8 Å². The SMILES string of the molecule is CCS(=O)(=O)c1ccc(NC(=O)OC)cc1[C@H]1CCCN1C(=O)[C@H](Nc1ccc2c(N)nccc2c1)c1cc(OC)c(F)cc1F.O=C(O)C(F)(F)F. The Labute approximate surface area is 299 Å². The van der Waals surface area contributed by atoms with Crippen molar-refractivity contribution in [1.82, 2.24) is 9.88 Å². The highest BCUT2D eigenvalue weighted by atomic mass is 32.2. The van der Waals surface area contributed by atoms with E-state index in [0.29, 0.717) is 46.7 Å². The molecule has 0 radical (unpaired) electrons. The van der Waals surface area contributed by atoms with Crippen LogP contribution >= 0.6 is 0 Å². The number of nitrogens with zero attached hydrogens (tertiary/aromatic N) is 2. The van der Waals surface area contributed by atoms with Gasteiger partial charge in [-0.2, -0.15) is 13.2 Å². The van der Waals surface area contributed by atoms with E-state index in [2.05, 4.69) is 20.4 Å². The number of carbonyl (C=O) groups excluding carboxylic acids is 2. The smallest absolute Gasteiger partial charge is 0.490 e. The average Bonchev–Trinajstić information content (AvgIpc) is 3.60. The van der Waals surface area contributed by atoms with E-state index in [4.69, 9.17) is 20.4 Å². The van der Waals surface area contributed by atoms with Crippen molar-refractivity contribution in [2.24, 2.45) is 0 Å². The second kappa shape index (κ2) is 16.3. The highest BCUT2D eigenvalue weighted by Gasteiger charge is 2.39. The standard InChI is InChI=1S/C32H33F2N5O6S.C2HF3O2/c1-4-46(42,43)28-10-8-20(38-32(41)45-3)15-23(28)26-6-5-13-39(26)31(40)29(22-16-27(44-2)25(34)17-24(22)33)37-19-7-9-21-18(14-19)11-12-36-30(21)35;3-2(4,5)1(6)7/h7-12,14-17,26,29,37H,4-6,13H2,1-3H3,(H2,35,36)(H,38,41);(H,6,7)/t26-,29-;/m1./s1. The number of benzene rings is 3. The summed E-state index contributed by atoms with van der Waals surface area (Å²) in [5, 5.41) is 14.2. The zero-order valence-corrected chi connectivity index (χ0v) is 29.1. The lowest BCUT2D eigenvalue weighted by Gasteiger charge is -2.31. The number of ether oxygens (including phenoxy) is 2. The number of aromatic nitrogens is 1. The maximum Gasteiger partial charge on any atom is 0.490 e. The van der Waals surface area contributed by atoms with Crippen molar-refractivity contribution < 1.29 is 59.3 Å². The number of pyridine rings is 1. The summed E-state index contributed by atoms with van der Waals surface area (Å²) in [4.78, 5) is 40.9. The molecule has 4 aromatic rings. The van der Waals surface area contributed by atoms with Crippen molar-refractivity contribution in [3.8, 4) is 5.75 Å². The number of carboxylic acids is 1. The number of nitrogens with two attached hydrogens (primary N) is 1. The van der Waals surface area contributed by atoms with Gasteiger partial charge in [-0.1, -0.05) is 6.92 Å². The molecule has 0 spiro atoms. The van der Waals surface area contributed by atoms with Crippen LogP contribution in [-0.4, -0.2) is 74.1 Å². The number of fused-ring (bicyclic) bond motifs is 1. The topological polar surface area (TPSA) is 190 Å². The van der Waals surface area contributed by atoms with Crippen LogP contribution in [0.15, 0.2) is 65.7 Å². The van der Waals surface area contributed by atoms with Gasteiger partial charge < -0.3 is 30.5 Å². The fourth-order valence-corrected chi connectivity index (χ4v) is 6.81. The molecular weight excluding hydrogens is 733 g/mol. The number of sulfone groups is 1. The Morgan fingerprint density at radius 3 is 2.34 bits per heavy atom. The van der Waals surface area contributed by atoms with E-state index in [1.54, 1.807) is 24.3 Å². The molecule has 2 amide bonds. The predicted octanol–water partition coefficient (Wildman–Crippen LogP) is 6.23. The Balaban J connectivity index is 0.000000815. The van der Waals surface area contributed by atoms with Crippen molar-refractivity contribution in [3.63, 3.8) is 0 Å². The molecule has 0 aliphatic carbocycles. The normalized spacial score (nSPS) is 14.9. The number of hydrogen-bond donors (Lipinski definition) is 4. The molecule has 1 saturated heterocycles. The van der Waals surface area contributed by atoms with E-state index < -0.39 is 57.7 Å². The average molecular weight is 768 g/mol. The summed E-state index contributed by atoms with van der Waals surface area (Å²) in [5.74, 6) is -5.41. The fraction of sp³-hybridized carbons (Fsp3) is 0.294. The zero-order chi connectivity index (χ0) is 39.2. The van der Waals surface area contributed by atoms with E-state index in [-0.39, 0.29) is 34.2 Å². The number of likely N-dealkylation sites (tertiary alicyclic amines) is 1. The second-order valence-electron chi connectivity index (χ2n) is 11.5. The van der Waals surface area contributed by atoms with Gasteiger partial charge in [0.05, 0.1) is 30.9 Å². The molecule has 3 aromatic carbocycles. The number of anilines is 3. The number of alkyl halides is 3. The molecule has 1 aliphatic heterocycles. The van der Waals surface area contributed by atoms with E-state index in [1.165, 1.54) is 50.4 Å². The van der Waals surface area contributed by atoms with Crippen LogP contribution in [0.4, 0.5) is 43.9 Å². The molecule has 5 N–H and O–H groups in total. The second-order valence-corrected chi connectivity index (χ2v) is 13.7. The maximum atomic E-state index is 15.5. The minimum atomic E-state index is -5.08. The number of methoxy groups -OCH3 is 2. The van der Waals surface area contributed by atoms with E-state index in [0.717, 1.165) is 6.07 Å². The molecule has 1 fully saturated rings. The number of carboxylic acid groups (broad SMARTS) is 1. The van der Waals surface area contributed by atoms with Crippen molar-refractivity contribution in [1.29, 1.82) is 0 Å². The number of amides is 2. The molecule has 19 heteroatoms. The summed E-state index contributed by atoms with van der Waals surface area (Å²) >= 11 is 0. The maximum absolute atomic E-state index is 15.5. The number of carbonyl (C=O) groups is 3. The van der Waals surface area contributed by atoms with Crippen LogP contribution in [0, 0.1) is 11.6 Å². The van der Waals surface area contributed by atoms with Crippen LogP contribution in [0.1, 0.15) is 43.0 Å². The molecule has 0 saturated carbocycles. The highest BCUT2D eigenvalue weighted by Crippen LogP contribution is 2.40. The molecule has 0 bridgehead atoms. The zero-order valence-electron chi connectivity index (χ0n) is 28.3. The summed E-state index contributed by atoms with van der Waals surface area (Å²) in [6, 6.07) is 10.8. The summed E-state index contributed by atoms with van der Waals surface area (Å²) < 4.78 is 97.9. The van der Waals surface area contributed by atoms with Gasteiger partial charge in [-0.15, -0.1) is 0 Å². The Bertz CT molecular complexity index is 2130. The monoisotopic (exact) mass is 767 g/mol. The van der Waals surface area contributed by atoms with E-state index >= 15 is 4.39 Å². The van der Waals surface area contributed by atoms with Gasteiger partial charge in [0.1, 0.15) is 17.7 Å². The van der Waals surface area contributed by atoms with Crippen LogP contribution in [0.2, 0.25) is 0 Å². The van der Waals surface area contributed by atoms with Gasteiger partial charge in [-0.05, 0) is 72.3 Å². The molecule has 53 heavy (non-hydrogen) atoms. The van der Waals surface area contributed by atoms with Crippen molar-refractivity contribution in [2.45, 2.75) is 42.9 Å². The number of nitrogen functional groups attached to an aromatic ring is 1. The lowest BCUT2D eigenvalue weighted by Crippen LogP contribution is -2.38. The van der Waals surface area contributed by atoms with Crippen molar-refractivity contribution >= 4 is 55.8 Å². The molecule has 2 heterocycles. The molecule has 1 aromatic heterocycles.